The molecule has 252 valence electrons. The van der Waals surface area contributed by atoms with Gasteiger partial charge in [0.15, 0.2) is 0 Å². The molecular formula is C35H54N2O6S2. The number of ether oxygens (including phenoxy) is 2. The zero-order chi connectivity index (χ0) is 33.8. The van der Waals surface area contributed by atoms with E-state index >= 15 is 0 Å². The van der Waals surface area contributed by atoms with Crippen LogP contribution in [0.3, 0.4) is 0 Å². The molecule has 2 aromatic carbocycles. The zero-order valence-corrected chi connectivity index (χ0v) is 30.2. The average Bonchev–Trinajstić information content (AvgIpc) is 2.96. The number of nitrogens with zero attached hydrogens (tertiary/aromatic N) is 2. The fraction of sp³-hybridized carbons (Fsp3) is 0.629. The Labute approximate surface area is 272 Å². The van der Waals surface area contributed by atoms with E-state index in [0.29, 0.717) is 47.0 Å². The van der Waals surface area contributed by atoms with Crippen molar-refractivity contribution in [1.29, 1.82) is 0 Å². The lowest BCUT2D eigenvalue weighted by atomic mass is 10.0. The molecule has 0 heterocycles. The summed E-state index contributed by atoms with van der Waals surface area (Å²) in [5.41, 5.74) is 11.8. The van der Waals surface area contributed by atoms with Crippen LogP contribution in [0.25, 0.3) is 5.53 Å². The average molecular weight is 663 g/mol. The predicted molar refractivity (Wildman–Crippen MR) is 182 cm³/mol. The molecule has 0 saturated heterocycles. The van der Waals surface area contributed by atoms with E-state index in [2.05, 4.69) is 18.6 Å². The number of hydrogen-bond donors (Lipinski definition) is 0. The molecule has 45 heavy (non-hydrogen) atoms. The molecule has 0 aliphatic heterocycles. The van der Waals surface area contributed by atoms with Gasteiger partial charge < -0.3 is 15.0 Å². The van der Waals surface area contributed by atoms with Gasteiger partial charge in [-0.2, -0.15) is 0 Å². The van der Waals surface area contributed by atoms with Gasteiger partial charge >= 0.3 is 4.38 Å². The van der Waals surface area contributed by atoms with Crippen molar-refractivity contribution in [2.24, 2.45) is 0 Å². The summed E-state index contributed by atoms with van der Waals surface area (Å²) in [4.78, 5) is 2.44. The lowest BCUT2D eigenvalue weighted by Gasteiger charge is -2.18. The third-order valence-electron chi connectivity index (χ3n) is 7.99. The van der Waals surface area contributed by atoms with E-state index in [9.17, 15) is 22.4 Å². The van der Waals surface area contributed by atoms with E-state index in [0.717, 1.165) is 51.4 Å². The van der Waals surface area contributed by atoms with Gasteiger partial charge in [0.2, 0.25) is 0 Å². The van der Waals surface area contributed by atoms with Crippen LogP contribution in [0, 0.1) is 13.8 Å². The summed E-state index contributed by atoms with van der Waals surface area (Å²) in [6.45, 7) is 16.2. The highest BCUT2D eigenvalue weighted by molar-refractivity contribution is 8.31. The van der Waals surface area contributed by atoms with Crippen molar-refractivity contribution in [2.75, 3.05) is 13.2 Å². The first-order valence-electron chi connectivity index (χ1n) is 16.5. The smallest absolute Gasteiger partial charge is 0.493 e. The first kappa shape index (κ1) is 38.5. The van der Waals surface area contributed by atoms with E-state index in [4.69, 9.17) is 9.47 Å². The van der Waals surface area contributed by atoms with E-state index in [-0.39, 0.29) is 21.6 Å². The molecule has 2 rings (SSSR count). The quantitative estimate of drug-likeness (QED) is 0.0516. The van der Waals surface area contributed by atoms with Crippen molar-refractivity contribution >= 4 is 24.1 Å². The van der Waals surface area contributed by atoms with Crippen LogP contribution in [0.4, 0.5) is 0 Å². The SMILES string of the molecule is CCCCCCCOc1cc(C)c(S(=O)(=O)C(=[N+]=[N-])S(=O)(=O)c2cc(C(C)C)c(OCCCCCCC)cc2C)cc1C(C)C. The van der Waals surface area contributed by atoms with Gasteiger partial charge in [-0.05, 0) is 85.0 Å². The second-order valence-corrected chi connectivity index (χ2v) is 16.4. The highest BCUT2D eigenvalue weighted by Gasteiger charge is 2.46. The Morgan fingerprint density at radius 3 is 1.31 bits per heavy atom. The van der Waals surface area contributed by atoms with E-state index in [1.807, 2.05) is 27.7 Å². The summed E-state index contributed by atoms with van der Waals surface area (Å²) in [5.74, 6) is 0.938. The molecule has 10 heteroatoms. The summed E-state index contributed by atoms with van der Waals surface area (Å²) in [6.07, 6.45) is 10.8. The van der Waals surface area contributed by atoms with Crippen LogP contribution in [0.5, 0.6) is 11.5 Å². The molecule has 0 bridgehead atoms. The minimum Gasteiger partial charge on any atom is -0.493 e. The minimum atomic E-state index is -4.76. The summed E-state index contributed by atoms with van der Waals surface area (Å²) in [5, 5.41) is 0. The summed E-state index contributed by atoms with van der Waals surface area (Å²) >= 11 is 0. The molecule has 8 nitrogen and oxygen atoms in total. The third-order valence-corrected chi connectivity index (χ3v) is 12.4. The molecule has 0 amide bonds. The van der Waals surface area contributed by atoms with Crippen LogP contribution in [0.15, 0.2) is 34.1 Å². The van der Waals surface area contributed by atoms with Gasteiger partial charge in [0.05, 0.1) is 23.0 Å². The van der Waals surface area contributed by atoms with E-state index in [1.54, 1.807) is 26.0 Å². The molecule has 0 aliphatic rings. The largest absolute Gasteiger partial charge is 0.504 e. The summed E-state index contributed by atoms with van der Waals surface area (Å²) in [7, 11) is -9.51. The van der Waals surface area contributed by atoms with Gasteiger partial charge in [0.25, 0.3) is 19.7 Å². The third kappa shape index (κ3) is 10.2. The van der Waals surface area contributed by atoms with Crippen molar-refractivity contribution in [1.82, 2.24) is 0 Å². The minimum absolute atomic E-state index is 0.101. The standard InChI is InChI=1S/C35H54N2O6S2/c1-9-11-13-15-17-19-42-31-21-27(7)33(23-29(31)25(3)4)44(38,39)35(37-36)45(40,41)34-24-30(26(5)6)32(22-28(34)8)43-20-18-16-14-12-10-2/h21-26H,9-20H2,1-8H3. The Kier molecular flexibility index (Phi) is 15.3. The normalized spacial score (nSPS) is 12.0. The van der Waals surface area contributed by atoms with Crippen molar-refractivity contribution in [3.05, 3.63) is 52.1 Å². The van der Waals surface area contributed by atoms with Crippen molar-refractivity contribution in [3.63, 3.8) is 0 Å². The van der Waals surface area contributed by atoms with Crippen LogP contribution in [0.2, 0.25) is 0 Å². The van der Waals surface area contributed by atoms with E-state index < -0.39 is 24.1 Å². The molecule has 0 atom stereocenters. The maximum atomic E-state index is 14.0. The van der Waals surface area contributed by atoms with Gasteiger partial charge in [-0.15, -0.1) is 4.79 Å². The number of benzene rings is 2. The summed E-state index contributed by atoms with van der Waals surface area (Å²) in [6, 6.07) is 6.16. The Balaban J connectivity index is 2.47. The van der Waals surface area contributed by atoms with E-state index in [1.165, 1.54) is 25.0 Å². The molecule has 0 unspecified atom stereocenters. The zero-order valence-electron chi connectivity index (χ0n) is 28.6. The fourth-order valence-corrected chi connectivity index (χ4v) is 9.12. The van der Waals surface area contributed by atoms with Crippen molar-refractivity contribution in [3.8, 4) is 11.5 Å². The van der Waals surface area contributed by atoms with Crippen molar-refractivity contribution in [2.45, 2.75) is 141 Å². The molecule has 0 aliphatic carbocycles. The molecule has 0 fully saturated rings. The van der Waals surface area contributed by atoms with Gasteiger partial charge in [-0.25, -0.2) is 16.8 Å². The monoisotopic (exact) mass is 662 g/mol. The molecular weight excluding hydrogens is 609 g/mol. The lowest BCUT2D eigenvalue weighted by molar-refractivity contribution is 0.00379. The molecule has 0 spiro atoms. The second-order valence-electron chi connectivity index (χ2n) is 12.5. The van der Waals surface area contributed by atoms with Crippen LogP contribution in [-0.4, -0.2) is 39.2 Å². The van der Waals surface area contributed by atoms with Crippen molar-refractivity contribution < 1.29 is 31.1 Å². The molecule has 0 N–H and O–H groups in total. The fourth-order valence-electron chi connectivity index (χ4n) is 5.30. The maximum absolute atomic E-state index is 14.0. The Morgan fingerprint density at radius 1 is 0.644 bits per heavy atom. The summed E-state index contributed by atoms with van der Waals surface area (Å²) < 4.78 is 66.7. The Morgan fingerprint density at radius 2 is 1.00 bits per heavy atom. The lowest BCUT2D eigenvalue weighted by Crippen LogP contribution is -2.28. The van der Waals surface area contributed by atoms with Gasteiger partial charge in [0.1, 0.15) is 11.5 Å². The van der Waals surface area contributed by atoms with Crippen LogP contribution in [0.1, 0.15) is 140 Å². The van der Waals surface area contributed by atoms with Gasteiger partial charge in [-0.3, -0.25) is 0 Å². The van der Waals surface area contributed by atoms with Crippen LogP contribution >= 0.6 is 0 Å². The topological polar surface area (TPSA) is 123 Å². The highest BCUT2D eigenvalue weighted by Crippen LogP contribution is 2.36. The van der Waals surface area contributed by atoms with Gasteiger partial charge in [0, 0.05) is 0 Å². The highest BCUT2D eigenvalue weighted by atomic mass is 32.3. The molecule has 0 aromatic heterocycles. The molecule has 0 saturated carbocycles. The molecule has 2 aromatic rings. The Hall–Kier alpha value is -2.68. The number of sulfone groups is 2. The Bertz CT molecular complexity index is 1430. The second kappa shape index (κ2) is 17.9. The number of hydrogen-bond acceptors (Lipinski definition) is 6. The van der Waals surface area contributed by atoms with Crippen LogP contribution < -0.4 is 9.47 Å². The van der Waals surface area contributed by atoms with Crippen LogP contribution in [-0.2, 0) is 19.7 Å². The first-order valence-corrected chi connectivity index (χ1v) is 19.5. The number of rotatable bonds is 18. The maximum Gasteiger partial charge on any atom is 0.504 e. The number of aryl methyl sites for hydroxylation is 2. The first-order chi connectivity index (χ1) is 21.2. The van der Waals surface area contributed by atoms with Gasteiger partial charge in [-0.1, -0.05) is 92.9 Å². The number of unbranched alkanes of at least 4 members (excludes halogenated alkanes) is 8. The predicted octanol–water partition coefficient (Wildman–Crippen LogP) is 9.08. The molecule has 0 radical (unpaired) electrons.